The van der Waals surface area contributed by atoms with Crippen LogP contribution >= 0.6 is 0 Å². The fourth-order valence-corrected chi connectivity index (χ4v) is 3.99. The molecule has 4 nitrogen and oxygen atoms in total. The van der Waals surface area contributed by atoms with Gasteiger partial charge >= 0.3 is 0 Å². The van der Waals surface area contributed by atoms with Gasteiger partial charge in [0.25, 0.3) is 11.5 Å². The molecule has 1 aromatic heterocycles. The van der Waals surface area contributed by atoms with Crippen LogP contribution in [0, 0.1) is 17.8 Å². The predicted octanol–water partition coefficient (Wildman–Crippen LogP) is 1.94. The van der Waals surface area contributed by atoms with Gasteiger partial charge in [-0.3, -0.25) is 9.59 Å². The van der Waals surface area contributed by atoms with Crippen molar-refractivity contribution in [1.29, 1.82) is 0 Å². The maximum Gasteiger partial charge on any atom is 0.251 e. The molecule has 1 heterocycles. The number of hydrogen-bond donors (Lipinski definition) is 1. The van der Waals surface area contributed by atoms with E-state index in [1.807, 2.05) is 0 Å². The van der Waals surface area contributed by atoms with E-state index in [9.17, 15) is 9.59 Å². The van der Waals surface area contributed by atoms with E-state index in [1.165, 1.54) is 36.3 Å². The zero-order chi connectivity index (χ0) is 14.3. The lowest BCUT2D eigenvalue weighted by Gasteiger charge is -2.28. The van der Waals surface area contributed by atoms with Gasteiger partial charge in [0.2, 0.25) is 0 Å². The van der Waals surface area contributed by atoms with E-state index in [0.717, 1.165) is 11.8 Å². The van der Waals surface area contributed by atoms with Crippen LogP contribution in [0.2, 0.25) is 0 Å². The molecule has 2 aliphatic carbocycles. The zero-order valence-electron chi connectivity index (χ0n) is 12.1. The first kappa shape index (κ1) is 13.4. The zero-order valence-corrected chi connectivity index (χ0v) is 12.1. The number of hydrogen-bond acceptors (Lipinski definition) is 2. The van der Waals surface area contributed by atoms with Gasteiger partial charge in [-0.15, -0.1) is 0 Å². The normalized spacial score (nSPS) is 29.4. The van der Waals surface area contributed by atoms with Crippen molar-refractivity contribution in [1.82, 2.24) is 9.88 Å². The molecule has 1 N–H and O–H groups in total. The predicted molar refractivity (Wildman–Crippen MR) is 77.5 cm³/mol. The first-order valence-electron chi connectivity index (χ1n) is 7.52. The molecular formula is C16H22N2O2. The Bertz CT molecular complexity index is 578. The van der Waals surface area contributed by atoms with Gasteiger partial charge in [0.05, 0.1) is 0 Å². The van der Waals surface area contributed by atoms with Crippen LogP contribution < -0.4 is 10.9 Å². The average Bonchev–Trinajstić information content (AvgIpc) is 3.04. The molecule has 1 amide bonds. The summed E-state index contributed by atoms with van der Waals surface area (Å²) in [6, 6.07) is 3.30. The van der Waals surface area contributed by atoms with Gasteiger partial charge < -0.3 is 9.88 Å². The summed E-state index contributed by atoms with van der Waals surface area (Å²) in [6.07, 6.45) is 6.93. The summed E-state index contributed by atoms with van der Waals surface area (Å²) in [6.45, 7) is 2.10. The van der Waals surface area contributed by atoms with Crippen LogP contribution in [0.15, 0.2) is 23.1 Å². The number of nitrogens with one attached hydrogen (secondary N) is 1. The Morgan fingerprint density at radius 3 is 2.80 bits per heavy atom. The monoisotopic (exact) mass is 274 g/mol. The highest BCUT2D eigenvalue weighted by Gasteiger charge is 2.42. The standard InChI is InChI=1S/C16H22N2O2/c1-10(14-8-11-3-4-12(14)7-11)17-16(20)13-5-6-18(2)15(19)9-13/h5-6,9-12,14H,3-4,7-8H2,1-2H3,(H,17,20). The van der Waals surface area contributed by atoms with Crippen LogP contribution in [-0.4, -0.2) is 16.5 Å². The molecule has 0 saturated heterocycles. The number of carbonyl (C=O) groups is 1. The second-order valence-electron chi connectivity index (χ2n) is 6.47. The number of nitrogens with zero attached hydrogens (tertiary/aromatic N) is 1. The van der Waals surface area contributed by atoms with E-state index >= 15 is 0 Å². The van der Waals surface area contributed by atoms with Crippen LogP contribution in [0.1, 0.15) is 43.0 Å². The molecule has 4 atom stereocenters. The van der Waals surface area contributed by atoms with E-state index in [-0.39, 0.29) is 17.5 Å². The highest BCUT2D eigenvalue weighted by atomic mass is 16.2. The minimum Gasteiger partial charge on any atom is -0.349 e. The van der Waals surface area contributed by atoms with Crippen LogP contribution in [0.5, 0.6) is 0 Å². The molecule has 2 fully saturated rings. The maximum atomic E-state index is 12.2. The van der Waals surface area contributed by atoms with Gasteiger partial charge in [-0.1, -0.05) is 6.42 Å². The summed E-state index contributed by atoms with van der Waals surface area (Å²) in [4.78, 5) is 23.8. The second-order valence-corrected chi connectivity index (χ2v) is 6.47. The number of carbonyl (C=O) groups excluding carboxylic acids is 1. The van der Waals surface area contributed by atoms with Gasteiger partial charge in [-0.2, -0.15) is 0 Å². The quantitative estimate of drug-likeness (QED) is 0.915. The van der Waals surface area contributed by atoms with Crippen molar-refractivity contribution in [2.45, 2.75) is 38.6 Å². The van der Waals surface area contributed by atoms with Crippen molar-refractivity contribution in [2.24, 2.45) is 24.8 Å². The fourth-order valence-electron chi connectivity index (χ4n) is 3.99. The lowest BCUT2D eigenvalue weighted by molar-refractivity contribution is 0.0915. The third kappa shape index (κ3) is 2.39. The Balaban J connectivity index is 1.66. The number of aromatic nitrogens is 1. The molecule has 2 aliphatic rings. The third-order valence-corrected chi connectivity index (χ3v) is 5.16. The van der Waals surface area contributed by atoms with Crippen molar-refractivity contribution in [3.8, 4) is 0 Å². The van der Waals surface area contributed by atoms with Crippen LogP contribution in [0.25, 0.3) is 0 Å². The molecule has 4 unspecified atom stereocenters. The Morgan fingerprint density at radius 1 is 1.40 bits per heavy atom. The number of aryl methyl sites for hydroxylation is 1. The highest BCUT2D eigenvalue weighted by molar-refractivity contribution is 5.94. The minimum atomic E-state index is -0.148. The van der Waals surface area contributed by atoms with E-state index in [4.69, 9.17) is 0 Å². The molecule has 2 bridgehead atoms. The van der Waals surface area contributed by atoms with Crippen molar-refractivity contribution >= 4 is 5.91 Å². The Labute approximate surface area is 119 Å². The maximum absolute atomic E-state index is 12.2. The van der Waals surface area contributed by atoms with Gasteiger partial charge in [-0.25, -0.2) is 0 Å². The van der Waals surface area contributed by atoms with Crippen molar-refractivity contribution in [2.75, 3.05) is 0 Å². The fraction of sp³-hybridized carbons (Fsp3) is 0.625. The molecule has 3 rings (SSSR count). The molecular weight excluding hydrogens is 252 g/mol. The SMILES string of the molecule is CC(NC(=O)c1ccn(C)c(=O)c1)C1CC2CCC1C2. The summed E-state index contributed by atoms with van der Waals surface area (Å²) < 4.78 is 1.47. The Morgan fingerprint density at radius 2 is 2.20 bits per heavy atom. The lowest BCUT2D eigenvalue weighted by Crippen LogP contribution is -2.40. The van der Waals surface area contributed by atoms with Gasteiger partial charge in [0.1, 0.15) is 0 Å². The second kappa shape index (κ2) is 5.08. The average molecular weight is 274 g/mol. The molecule has 0 spiro atoms. The summed E-state index contributed by atoms with van der Waals surface area (Å²) in [5, 5.41) is 3.08. The largest absolute Gasteiger partial charge is 0.349 e. The number of pyridine rings is 1. The molecule has 1 aromatic rings. The summed E-state index contributed by atoms with van der Waals surface area (Å²) in [5.74, 6) is 2.16. The first-order chi connectivity index (χ1) is 9.54. The van der Waals surface area contributed by atoms with Crippen molar-refractivity contribution in [3.05, 3.63) is 34.2 Å². The van der Waals surface area contributed by atoms with E-state index in [0.29, 0.717) is 11.5 Å². The Kier molecular flexibility index (Phi) is 3.40. The number of fused-ring (bicyclic) bond motifs is 2. The summed E-state index contributed by atoms with van der Waals surface area (Å²) in [5.41, 5.74) is 0.313. The van der Waals surface area contributed by atoms with E-state index in [2.05, 4.69) is 12.2 Å². The molecule has 0 aliphatic heterocycles. The molecule has 0 radical (unpaired) electrons. The van der Waals surface area contributed by atoms with Gasteiger partial charge in [0.15, 0.2) is 0 Å². The smallest absolute Gasteiger partial charge is 0.251 e. The Hall–Kier alpha value is -1.58. The van der Waals surface area contributed by atoms with E-state index < -0.39 is 0 Å². The summed E-state index contributed by atoms with van der Waals surface area (Å²) >= 11 is 0. The topological polar surface area (TPSA) is 51.1 Å². The number of rotatable bonds is 3. The summed E-state index contributed by atoms with van der Waals surface area (Å²) in [7, 11) is 1.68. The van der Waals surface area contributed by atoms with E-state index in [1.54, 1.807) is 19.3 Å². The van der Waals surface area contributed by atoms with Crippen LogP contribution in [0.4, 0.5) is 0 Å². The van der Waals surface area contributed by atoms with Gasteiger partial charge in [0, 0.05) is 30.9 Å². The van der Waals surface area contributed by atoms with Crippen molar-refractivity contribution < 1.29 is 4.79 Å². The minimum absolute atomic E-state index is 0.127. The molecule has 0 aromatic carbocycles. The lowest BCUT2D eigenvalue weighted by atomic mass is 9.84. The molecule has 2 saturated carbocycles. The highest BCUT2D eigenvalue weighted by Crippen LogP contribution is 2.49. The third-order valence-electron chi connectivity index (χ3n) is 5.16. The number of amides is 1. The van der Waals surface area contributed by atoms with Crippen LogP contribution in [-0.2, 0) is 7.05 Å². The first-order valence-corrected chi connectivity index (χ1v) is 7.52. The van der Waals surface area contributed by atoms with Gasteiger partial charge in [-0.05, 0) is 50.0 Å². The molecule has 20 heavy (non-hydrogen) atoms. The van der Waals surface area contributed by atoms with Crippen LogP contribution in [0.3, 0.4) is 0 Å². The van der Waals surface area contributed by atoms with Crippen molar-refractivity contribution in [3.63, 3.8) is 0 Å². The molecule has 4 heteroatoms. The molecule has 108 valence electrons.